The molecule has 0 fully saturated rings. The molecular weight excluding hydrogens is 335 g/mol. The maximum Gasteiger partial charge on any atom is 0.257 e. The lowest BCUT2D eigenvalue weighted by Crippen LogP contribution is -2.14. The van der Waals surface area contributed by atoms with E-state index in [1.165, 1.54) is 12.1 Å². The number of nitrogens with two attached hydrogens (primary N) is 1. The Morgan fingerprint density at radius 3 is 2.74 bits per heavy atom. The van der Waals surface area contributed by atoms with Crippen LogP contribution in [0.4, 0.5) is 15.8 Å². The molecule has 3 nitrogen and oxygen atoms in total. The zero-order valence-corrected chi connectivity index (χ0v) is 11.9. The molecule has 2 aromatic carbocycles. The quantitative estimate of drug-likeness (QED) is 0.807. The molecular formula is C13H9BrClFN2O. The second-order valence-corrected chi connectivity index (χ2v) is 5.13. The summed E-state index contributed by atoms with van der Waals surface area (Å²) in [4.78, 5) is 12.1. The topological polar surface area (TPSA) is 55.1 Å². The number of rotatable bonds is 2. The van der Waals surface area contributed by atoms with Crippen LogP contribution in [-0.2, 0) is 0 Å². The van der Waals surface area contributed by atoms with Crippen LogP contribution in [0.1, 0.15) is 10.4 Å². The fourth-order valence-corrected chi connectivity index (χ4v) is 2.06. The molecule has 0 unspecified atom stereocenters. The van der Waals surface area contributed by atoms with Crippen molar-refractivity contribution in [2.45, 2.75) is 0 Å². The average Bonchev–Trinajstić information content (AvgIpc) is 2.36. The zero-order chi connectivity index (χ0) is 14.0. The lowest BCUT2D eigenvalue weighted by Gasteiger charge is -2.09. The lowest BCUT2D eigenvalue weighted by atomic mass is 10.2. The summed E-state index contributed by atoms with van der Waals surface area (Å²) in [5, 5.41) is 2.83. The molecule has 3 N–H and O–H groups in total. The van der Waals surface area contributed by atoms with Gasteiger partial charge in [0.05, 0.1) is 22.0 Å². The van der Waals surface area contributed by atoms with Crippen LogP contribution >= 0.6 is 27.5 Å². The van der Waals surface area contributed by atoms with Gasteiger partial charge < -0.3 is 11.1 Å². The van der Waals surface area contributed by atoms with Crippen LogP contribution in [-0.4, -0.2) is 5.91 Å². The molecule has 1 amide bonds. The molecule has 2 rings (SSSR count). The van der Waals surface area contributed by atoms with Gasteiger partial charge >= 0.3 is 0 Å². The van der Waals surface area contributed by atoms with Crippen LogP contribution in [0.25, 0.3) is 0 Å². The molecule has 0 bridgehead atoms. The van der Waals surface area contributed by atoms with Crippen molar-refractivity contribution in [1.29, 1.82) is 0 Å². The van der Waals surface area contributed by atoms with Crippen molar-refractivity contribution in [2.75, 3.05) is 11.1 Å². The van der Waals surface area contributed by atoms with E-state index in [0.717, 1.165) is 6.07 Å². The SMILES string of the molecule is Nc1ccc(F)cc1NC(=O)c1cc(Br)ccc1Cl. The molecule has 0 atom stereocenters. The Morgan fingerprint density at radius 2 is 2.00 bits per heavy atom. The second kappa shape index (κ2) is 5.59. The van der Waals surface area contributed by atoms with Crippen LogP contribution in [0.15, 0.2) is 40.9 Å². The number of amides is 1. The number of carbonyl (C=O) groups excluding carboxylic acids is 1. The van der Waals surface area contributed by atoms with Gasteiger partial charge in [0.1, 0.15) is 5.82 Å². The number of halogens is 3. The van der Waals surface area contributed by atoms with E-state index in [1.807, 2.05) is 0 Å². The first-order chi connectivity index (χ1) is 8.97. The van der Waals surface area contributed by atoms with Crippen molar-refractivity contribution in [1.82, 2.24) is 0 Å². The minimum Gasteiger partial charge on any atom is -0.397 e. The molecule has 0 aliphatic carbocycles. The Kier molecular flexibility index (Phi) is 4.07. The van der Waals surface area contributed by atoms with Crippen molar-refractivity contribution in [3.8, 4) is 0 Å². The van der Waals surface area contributed by atoms with Crippen LogP contribution < -0.4 is 11.1 Å². The van der Waals surface area contributed by atoms with E-state index in [1.54, 1.807) is 18.2 Å². The number of nitrogen functional groups attached to an aromatic ring is 1. The summed E-state index contributed by atoms with van der Waals surface area (Å²) in [6.45, 7) is 0. The van der Waals surface area contributed by atoms with E-state index in [0.29, 0.717) is 9.50 Å². The predicted octanol–water partition coefficient (Wildman–Crippen LogP) is 4.08. The van der Waals surface area contributed by atoms with Gasteiger partial charge in [-0.05, 0) is 36.4 Å². The van der Waals surface area contributed by atoms with E-state index in [2.05, 4.69) is 21.2 Å². The van der Waals surface area contributed by atoms with Gasteiger partial charge in [-0.3, -0.25) is 4.79 Å². The third-order valence-corrected chi connectivity index (χ3v) is 3.26. The molecule has 98 valence electrons. The monoisotopic (exact) mass is 342 g/mol. The van der Waals surface area contributed by atoms with Gasteiger partial charge in [-0.15, -0.1) is 0 Å². The van der Waals surface area contributed by atoms with E-state index in [9.17, 15) is 9.18 Å². The summed E-state index contributed by atoms with van der Waals surface area (Å²) >= 11 is 9.19. The molecule has 0 heterocycles. The first-order valence-corrected chi connectivity index (χ1v) is 6.46. The summed E-state index contributed by atoms with van der Waals surface area (Å²) in [5.74, 6) is -0.937. The van der Waals surface area contributed by atoms with Crippen molar-refractivity contribution in [3.05, 3.63) is 57.3 Å². The first kappa shape index (κ1) is 13.8. The van der Waals surface area contributed by atoms with Crippen molar-refractivity contribution >= 4 is 44.8 Å². The molecule has 0 aliphatic heterocycles. The minimum absolute atomic E-state index is 0.209. The van der Waals surface area contributed by atoms with Gasteiger partial charge in [0, 0.05) is 4.47 Å². The van der Waals surface area contributed by atoms with Crippen molar-refractivity contribution in [3.63, 3.8) is 0 Å². The number of carbonyl (C=O) groups is 1. The Bertz CT molecular complexity index is 649. The highest BCUT2D eigenvalue weighted by Gasteiger charge is 2.12. The highest BCUT2D eigenvalue weighted by atomic mass is 79.9. The van der Waals surface area contributed by atoms with Gasteiger partial charge in [0.25, 0.3) is 5.91 Å². The molecule has 6 heteroatoms. The number of nitrogens with one attached hydrogen (secondary N) is 1. The molecule has 0 spiro atoms. The van der Waals surface area contributed by atoms with E-state index >= 15 is 0 Å². The summed E-state index contributed by atoms with van der Waals surface area (Å²) < 4.78 is 13.8. The molecule has 0 radical (unpaired) electrons. The number of benzene rings is 2. The number of hydrogen-bond donors (Lipinski definition) is 2. The Morgan fingerprint density at radius 1 is 1.26 bits per heavy atom. The third kappa shape index (κ3) is 3.24. The van der Waals surface area contributed by atoms with E-state index in [4.69, 9.17) is 17.3 Å². The van der Waals surface area contributed by atoms with Gasteiger partial charge in [0.15, 0.2) is 0 Å². The normalized spacial score (nSPS) is 10.3. The Hall–Kier alpha value is -1.59. The van der Waals surface area contributed by atoms with Crippen LogP contribution in [0.2, 0.25) is 5.02 Å². The standard InChI is InChI=1S/C13H9BrClFN2O/c14-7-1-3-10(15)9(5-7)13(19)18-12-6-8(16)2-4-11(12)17/h1-6H,17H2,(H,18,19). The van der Waals surface area contributed by atoms with Gasteiger partial charge in [-0.1, -0.05) is 27.5 Å². The smallest absolute Gasteiger partial charge is 0.257 e. The fraction of sp³-hybridized carbons (Fsp3) is 0. The molecule has 0 aromatic heterocycles. The van der Waals surface area contributed by atoms with Crippen molar-refractivity contribution in [2.24, 2.45) is 0 Å². The average molecular weight is 344 g/mol. The highest BCUT2D eigenvalue weighted by Crippen LogP contribution is 2.24. The van der Waals surface area contributed by atoms with Crippen LogP contribution in [0, 0.1) is 5.82 Å². The second-order valence-electron chi connectivity index (χ2n) is 3.81. The minimum atomic E-state index is -0.482. The van der Waals surface area contributed by atoms with Gasteiger partial charge in [-0.25, -0.2) is 4.39 Å². The summed E-state index contributed by atoms with van der Waals surface area (Å²) in [7, 11) is 0. The fourth-order valence-electron chi connectivity index (χ4n) is 1.50. The first-order valence-electron chi connectivity index (χ1n) is 5.29. The molecule has 2 aromatic rings. The molecule has 0 aliphatic rings. The largest absolute Gasteiger partial charge is 0.397 e. The van der Waals surface area contributed by atoms with Crippen LogP contribution in [0.5, 0.6) is 0 Å². The molecule has 19 heavy (non-hydrogen) atoms. The number of anilines is 2. The highest BCUT2D eigenvalue weighted by molar-refractivity contribution is 9.10. The van der Waals surface area contributed by atoms with Gasteiger partial charge in [0.2, 0.25) is 0 Å². The maximum atomic E-state index is 13.1. The van der Waals surface area contributed by atoms with E-state index in [-0.39, 0.29) is 16.9 Å². The molecule has 0 saturated heterocycles. The summed E-state index contributed by atoms with van der Waals surface area (Å²) in [6.07, 6.45) is 0. The maximum absolute atomic E-state index is 13.1. The molecule has 0 saturated carbocycles. The summed E-state index contributed by atoms with van der Waals surface area (Å²) in [6, 6.07) is 8.64. The third-order valence-electron chi connectivity index (χ3n) is 2.44. The van der Waals surface area contributed by atoms with Crippen LogP contribution in [0.3, 0.4) is 0 Å². The predicted molar refractivity (Wildman–Crippen MR) is 77.9 cm³/mol. The number of hydrogen-bond acceptors (Lipinski definition) is 2. The Labute approximate surface area is 122 Å². The van der Waals surface area contributed by atoms with Crippen molar-refractivity contribution < 1.29 is 9.18 Å². The lowest BCUT2D eigenvalue weighted by molar-refractivity contribution is 0.102. The Balaban J connectivity index is 2.30. The zero-order valence-electron chi connectivity index (χ0n) is 9.58. The van der Waals surface area contributed by atoms with E-state index < -0.39 is 11.7 Å². The summed E-state index contributed by atoms with van der Waals surface area (Å²) in [5.41, 5.74) is 6.43. The van der Waals surface area contributed by atoms with Gasteiger partial charge in [-0.2, -0.15) is 0 Å².